The lowest BCUT2D eigenvalue weighted by molar-refractivity contribution is 0.106. The van der Waals surface area contributed by atoms with Crippen LogP contribution in [-0.2, 0) is 4.74 Å². The monoisotopic (exact) mass is 271 g/mol. The molecular formula is C17H21NO2. The smallest absolute Gasteiger partial charge is 0.129 e. The van der Waals surface area contributed by atoms with Gasteiger partial charge < -0.3 is 14.8 Å². The van der Waals surface area contributed by atoms with Crippen molar-refractivity contribution in [3.05, 3.63) is 54.6 Å². The lowest BCUT2D eigenvalue weighted by Crippen LogP contribution is -2.29. The van der Waals surface area contributed by atoms with Gasteiger partial charge in [-0.2, -0.15) is 0 Å². The van der Waals surface area contributed by atoms with Crippen LogP contribution in [0, 0.1) is 0 Å². The summed E-state index contributed by atoms with van der Waals surface area (Å²) in [4.78, 5) is 0. The average Bonchev–Trinajstić information content (AvgIpc) is 2.47. The highest BCUT2D eigenvalue weighted by Crippen LogP contribution is 2.24. The van der Waals surface area contributed by atoms with Gasteiger partial charge in [-0.3, -0.25) is 0 Å². The lowest BCUT2D eigenvalue weighted by atomic mass is 10.2. The average molecular weight is 271 g/mol. The number of hydrogen-bond acceptors (Lipinski definition) is 3. The Bertz CT molecular complexity index is 528. The Morgan fingerprint density at radius 1 is 0.900 bits per heavy atom. The number of rotatable bonds is 6. The van der Waals surface area contributed by atoms with E-state index in [2.05, 4.69) is 12.2 Å². The fourth-order valence-electron chi connectivity index (χ4n) is 1.86. The van der Waals surface area contributed by atoms with Crippen LogP contribution in [0.1, 0.15) is 13.8 Å². The number of anilines is 1. The maximum Gasteiger partial charge on any atom is 0.129 e. The Kier molecular flexibility index (Phi) is 5.02. The zero-order chi connectivity index (χ0) is 14.4. The third-order valence-electron chi connectivity index (χ3n) is 3.28. The molecule has 0 bridgehead atoms. The van der Waals surface area contributed by atoms with Crippen LogP contribution in [0.2, 0.25) is 0 Å². The molecule has 0 fully saturated rings. The van der Waals surface area contributed by atoms with Crippen LogP contribution in [0.25, 0.3) is 0 Å². The van der Waals surface area contributed by atoms with Gasteiger partial charge in [0.1, 0.15) is 11.5 Å². The molecule has 0 amide bonds. The molecule has 20 heavy (non-hydrogen) atoms. The van der Waals surface area contributed by atoms with Crippen molar-refractivity contribution in [3.63, 3.8) is 0 Å². The van der Waals surface area contributed by atoms with Crippen LogP contribution in [0.3, 0.4) is 0 Å². The molecule has 0 aromatic heterocycles. The number of methoxy groups -OCH3 is 1. The molecule has 1 N–H and O–H groups in total. The van der Waals surface area contributed by atoms with Gasteiger partial charge in [0.2, 0.25) is 0 Å². The molecule has 0 spiro atoms. The van der Waals surface area contributed by atoms with Gasteiger partial charge in [-0.15, -0.1) is 0 Å². The summed E-state index contributed by atoms with van der Waals surface area (Å²) >= 11 is 0. The number of hydrogen-bond donors (Lipinski definition) is 1. The molecule has 2 rings (SSSR count). The molecule has 0 aliphatic rings. The predicted octanol–water partition coefficient (Wildman–Crippen LogP) is 4.31. The summed E-state index contributed by atoms with van der Waals surface area (Å²) in [5.74, 6) is 1.65. The van der Waals surface area contributed by atoms with Gasteiger partial charge in [-0.05, 0) is 38.1 Å². The Labute approximate surface area is 120 Å². The third-order valence-corrected chi connectivity index (χ3v) is 3.28. The summed E-state index contributed by atoms with van der Waals surface area (Å²) in [6.45, 7) is 4.14. The van der Waals surface area contributed by atoms with E-state index < -0.39 is 0 Å². The lowest BCUT2D eigenvalue weighted by Gasteiger charge is -2.21. The molecule has 106 valence electrons. The molecule has 2 aromatic rings. The second-order valence-electron chi connectivity index (χ2n) is 4.82. The molecule has 0 heterocycles. The van der Waals surface area contributed by atoms with E-state index in [4.69, 9.17) is 9.47 Å². The Morgan fingerprint density at radius 3 is 2.30 bits per heavy atom. The van der Waals surface area contributed by atoms with Crippen molar-refractivity contribution in [1.29, 1.82) is 0 Å². The number of nitrogens with one attached hydrogen (secondary N) is 1. The Hall–Kier alpha value is -2.00. The summed E-state index contributed by atoms with van der Waals surface area (Å²) in [7, 11) is 1.72. The summed E-state index contributed by atoms with van der Waals surface area (Å²) in [6.07, 6.45) is 0.147. The van der Waals surface area contributed by atoms with E-state index >= 15 is 0 Å². The van der Waals surface area contributed by atoms with Crippen molar-refractivity contribution in [2.75, 3.05) is 12.4 Å². The SMILES string of the molecule is COC(C)C(C)Nc1cccc(Oc2ccccc2)c1. The van der Waals surface area contributed by atoms with E-state index in [0.29, 0.717) is 0 Å². The molecule has 0 aliphatic carbocycles. The van der Waals surface area contributed by atoms with E-state index in [0.717, 1.165) is 17.2 Å². The van der Waals surface area contributed by atoms with Crippen molar-refractivity contribution < 1.29 is 9.47 Å². The first-order chi connectivity index (χ1) is 9.69. The van der Waals surface area contributed by atoms with Gasteiger partial charge >= 0.3 is 0 Å². The fourth-order valence-corrected chi connectivity index (χ4v) is 1.86. The zero-order valence-electron chi connectivity index (χ0n) is 12.2. The second-order valence-corrected chi connectivity index (χ2v) is 4.82. The quantitative estimate of drug-likeness (QED) is 0.849. The maximum atomic E-state index is 5.82. The molecule has 3 nitrogen and oxygen atoms in total. The first kappa shape index (κ1) is 14.4. The van der Waals surface area contributed by atoms with Crippen LogP contribution in [0.15, 0.2) is 54.6 Å². The van der Waals surface area contributed by atoms with Crippen LogP contribution < -0.4 is 10.1 Å². The van der Waals surface area contributed by atoms with Gasteiger partial charge in [0, 0.05) is 24.9 Å². The summed E-state index contributed by atoms with van der Waals surface area (Å²) in [5, 5.41) is 3.41. The van der Waals surface area contributed by atoms with Crippen molar-refractivity contribution in [2.24, 2.45) is 0 Å². The number of para-hydroxylation sites is 1. The Morgan fingerprint density at radius 2 is 1.60 bits per heavy atom. The fraction of sp³-hybridized carbons (Fsp3) is 0.294. The number of benzene rings is 2. The van der Waals surface area contributed by atoms with Gasteiger partial charge in [0.15, 0.2) is 0 Å². The summed E-state index contributed by atoms with van der Waals surface area (Å²) < 4.78 is 11.1. The largest absolute Gasteiger partial charge is 0.457 e. The van der Waals surface area contributed by atoms with Crippen molar-refractivity contribution in [3.8, 4) is 11.5 Å². The van der Waals surface area contributed by atoms with Gasteiger partial charge in [-0.25, -0.2) is 0 Å². The van der Waals surface area contributed by atoms with E-state index in [1.54, 1.807) is 7.11 Å². The molecule has 0 aliphatic heterocycles. The third kappa shape index (κ3) is 4.00. The van der Waals surface area contributed by atoms with Gasteiger partial charge in [0.25, 0.3) is 0 Å². The maximum absolute atomic E-state index is 5.82. The van der Waals surface area contributed by atoms with Crippen molar-refractivity contribution >= 4 is 5.69 Å². The topological polar surface area (TPSA) is 30.5 Å². The minimum atomic E-state index is 0.147. The number of ether oxygens (including phenoxy) is 2. The van der Waals surface area contributed by atoms with Crippen LogP contribution in [-0.4, -0.2) is 19.3 Å². The molecular weight excluding hydrogens is 250 g/mol. The van der Waals surface area contributed by atoms with Crippen LogP contribution in [0.5, 0.6) is 11.5 Å². The minimum Gasteiger partial charge on any atom is -0.457 e. The standard InChI is InChI=1S/C17H21NO2/c1-13(14(2)19-3)18-15-8-7-11-17(12-15)20-16-9-5-4-6-10-16/h4-14,18H,1-3H3. The van der Waals surface area contributed by atoms with Gasteiger partial charge in [-0.1, -0.05) is 24.3 Å². The van der Waals surface area contributed by atoms with Crippen LogP contribution >= 0.6 is 0 Å². The molecule has 2 unspecified atom stereocenters. The molecule has 3 heteroatoms. The van der Waals surface area contributed by atoms with Crippen molar-refractivity contribution in [1.82, 2.24) is 0 Å². The molecule has 0 radical (unpaired) electrons. The predicted molar refractivity (Wildman–Crippen MR) is 82.5 cm³/mol. The Balaban J connectivity index is 2.04. The second kappa shape index (κ2) is 6.96. The van der Waals surface area contributed by atoms with Crippen molar-refractivity contribution in [2.45, 2.75) is 26.0 Å². The van der Waals surface area contributed by atoms with E-state index in [1.807, 2.05) is 61.5 Å². The minimum absolute atomic E-state index is 0.147. The first-order valence-electron chi connectivity index (χ1n) is 6.81. The van der Waals surface area contributed by atoms with Crippen LogP contribution in [0.4, 0.5) is 5.69 Å². The molecule has 0 saturated heterocycles. The van der Waals surface area contributed by atoms with E-state index in [-0.39, 0.29) is 12.1 Å². The highest BCUT2D eigenvalue weighted by atomic mass is 16.5. The summed E-state index contributed by atoms with van der Waals surface area (Å²) in [5.41, 5.74) is 1.02. The molecule has 2 aromatic carbocycles. The van der Waals surface area contributed by atoms with E-state index in [1.165, 1.54) is 0 Å². The van der Waals surface area contributed by atoms with Gasteiger partial charge in [0.05, 0.1) is 6.10 Å². The highest BCUT2D eigenvalue weighted by molar-refractivity contribution is 5.49. The summed E-state index contributed by atoms with van der Waals surface area (Å²) in [6, 6.07) is 17.9. The van der Waals surface area contributed by atoms with E-state index in [9.17, 15) is 0 Å². The highest BCUT2D eigenvalue weighted by Gasteiger charge is 2.10. The first-order valence-corrected chi connectivity index (χ1v) is 6.81. The molecule has 2 atom stereocenters. The normalized spacial score (nSPS) is 13.6. The zero-order valence-corrected chi connectivity index (χ0v) is 12.2. The molecule has 0 saturated carbocycles.